The lowest BCUT2D eigenvalue weighted by molar-refractivity contribution is -0.135. The molecule has 2 aliphatic rings. The van der Waals surface area contributed by atoms with Gasteiger partial charge in [-0.05, 0) is 56.2 Å². The highest BCUT2D eigenvalue weighted by Crippen LogP contribution is 2.29. The van der Waals surface area contributed by atoms with Crippen LogP contribution >= 0.6 is 0 Å². The van der Waals surface area contributed by atoms with E-state index in [1.807, 2.05) is 4.57 Å². The van der Waals surface area contributed by atoms with Gasteiger partial charge < -0.3 is 15.0 Å². The van der Waals surface area contributed by atoms with Crippen molar-refractivity contribution in [1.29, 1.82) is 0 Å². The van der Waals surface area contributed by atoms with Gasteiger partial charge in [0.05, 0.1) is 17.0 Å². The van der Waals surface area contributed by atoms with Gasteiger partial charge in [0.2, 0.25) is 17.7 Å². The number of amides is 3. The lowest BCUT2D eigenvalue weighted by Gasteiger charge is -2.25. The first kappa shape index (κ1) is 24.5. The topological polar surface area (TPSA) is 161 Å². The van der Waals surface area contributed by atoms with E-state index in [0.717, 1.165) is 11.4 Å². The Morgan fingerprint density at radius 3 is 2.62 bits per heavy atom. The first-order valence-electron chi connectivity index (χ1n) is 12.7. The number of phenolic OH excluding ortho intramolecular Hbond substituents is 1. The minimum absolute atomic E-state index is 0.139. The number of piperidine rings is 1. The summed E-state index contributed by atoms with van der Waals surface area (Å²) >= 11 is 0. The number of fused-ring (bicyclic) bond motifs is 2. The van der Waals surface area contributed by atoms with Crippen LogP contribution in [0.2, 0.25) is 0 Å². The molecule has 12 nitrogen and oxygen atoms in total. The standard InChI is InChI=1S/C27H25N7O5/c1-14-28-23-18(27(39)34(14)20-10-12-22(36)30-26(20)38)3-2-4-19(23)29-25(37)16-7-11-21-31-32-24(33(21)13-16)15-5-8-17(35)9-6-15/h2-6,8-9,16,20,35H,7,10-13H2,1H3,(H,29,37)(H,30,36,38). The molecule has 2 aromatic heterocycles. The average Bonchev–Trinajstić information content (AvgIpc) is 3.34. The Morgan fingerprint density at radius 2 is 1.85 bits per heavy atom. The van der Waals surface area contributed by atoms with Gasteiger partial charge in [-0.15, -0.1) is 10.2 Å². The normalized spacial score (nSPS) is 19.0. The summed E-state index contributed by atoms with van der Waals surface area (Å²) in [6, 6.07) is 10.8. The maximum Gasteiger partial charge on any atom is 0.262 e. The lowest BCUT2D eigenvalue weighted by Crippen LogP contribution is -2.45. The van der Waals surface area contributed by atoms with Gasteiger partial charge in [-0.25, -0.2) is 4.98 Å². The molecule has 198 valence electrons. The first-order valence-corrected chi connectivity index (χ1v) is 12.7. The number of carbonyl (C=O) groups excluding carboxylic acids is 3. The number of aromatic nitrogens is 5. The number of nitrogens with one attached hydrogen (secondary N) is 2. The number of phenols is 1. The Kier molecular flexibility index (Phi) is 5.93. The SMILES string of the molecule is Cc1nc2c(NC(=O)C3CCc4nnc(-c5ccc(O)cc5)n4C3)cccc2c(=O)n1C1CCC(=O)NC1=O. The summed E-state index contributed by atoms with van der Waals surface area (Å²) in [5, 5.41) is 23.7. The fraction of sp³-hybridized carbons (Fsp3) is 0.296. The molecule has 6 rings (SSSR count). The molecule has 2 aromatic carbocycles. The predicted molar refractivity (Wildman–Crippen MR) is 140 cm³/mol. The molecule has 0 radical (unpaired) electrons. The molecule has 2 aliphatic heterocycles. The van der Waals surface area contributed by atoms with E-state index in [0.29, 0.717) is 42.2 Å². The molecular weight excluding hydrogens is 502 g/mol. The molecule has 2 unspecified atom stereocenters. The van der Waals surface area contributed by atoms with Crippen molar-refractivity contribution in [3.8, 4) is 17.1 Å². The van der Waals surface area contributed by atoms with E-state index in [1.165, 1.54) is 4.57 Å². The molecule has 39 heavy (non-hydrogen) atoms. The highest BCUT2D eigenvalue weighted by atomic mass is 16.3. The van der Waals surface area contributed by atoms with Crippen molar-refractivity contribution >= 4 is 34.3 Å². The van der Waals surface area contributed by atoms with Gasteiger partial charge in [0.15, 0.2) is 5.82 Å². The van der Waals surface area contributed by atoms with Gasteiger partial charge in [0, 0.05) is 24.9 Å². The van der Waals surface area contributed by atoms with Gasteiger partial charge in [-0.2, -0.15) is 0 Å². The van der Waals surface area contributed by atoms with Gasteiger partial charge in [-0.1, -0.05) is 6.07 Å². The summed E-state index contributed by atoms with van der Waals surface area (Å²) < 4.78 is 3.24. The van der Waals surface area contributed by atoms with Gasteiger partial charge in [0.25, 0.3) is 5.56 Å². The Hall–Kier alpha value is -4.87. The van der Waals surface area contributed by atoms with Crippen LogP contribution in [0.25, 0.3) is 22.3 Å². The van der Waals surface area contributed by atoms with Crippen LogP contribution in [0.4, 0.5) is 5.69 Å². The summed E-state index contributed by atoms with van der Waals surface area (Å²) in [6.45, 7) is 2.01. The second kappa shape index (κ2) is 9.46. The van der Waals surface area contributed by atoms with E-state index in [-0.39, 0.29) is 41.7 Å². The minimum Gasteiger partial charge on any atom is -0.508 e. The number of hydrogen-bond acceptors (Lipinski definition) is 8. The van der Waals surface area contributed by atoms with Crippen LogP contribution in [0.15, 0.2) is 47.3 Å². The van der Waals surface area contributed by atoms with Gasteiger partial charge >= 0.3 is 0 Å². The molecule has 3 N–H and O–H groups in total. The van der Waals surface area contributed by atoms with Gasteiger partial charge in [-0.3, -0.25) is 29.1 Å². The second-order valence-corrected chi connectivity index (χ2v) is 9.82. The molecule has 4 heterocycles. The van der Waals surface area contributed by atoms with E-state index in [1.54, 1.807) is 49.4 Å². The quantitative estimate of drug-likeness (QED) is 0.339. The van der Waals surface area contributed by atoms with E-state index >= 15 is 0 Å². The third-order valence-corrected chi connectivity index (χ3v) is 7.33. The first-order chi connectivity index (χ1) is 18.8. The summed E-state index contributed by atoms with van der Waals surface area (Å²) in [6.07, 6.45) is 1.51. The van der Waals surface area contributed by atoms with Crippen molar-refractivity contribution in [1.82, 2.24) is 29.6 Å². The number of hydrogen-bond donors (Lipinski definition) is 3. The monoisotopic (exact) mass is 527 g/mol. The van der Waals surface area contributed by atoms with Crippen LogP contribution in [0.5, 0.6) is 5.75 Å². The van der Waals surface area contributed by atoms with E-state index < -0.39 is 17.5 Å². The molecule has 0 bridgehead atoms. The Labute approximate surface area is 221 Å². The Morgan fingerprint density at radius 1 is 1.05 bits per heavy atom. The zero-order chi connectivity index (χ0) is 27.3. The zero-order valence-electron chi connectivity index (χ0n) is 21.0. The summed E-state index contributed by atoms with van der Waals surface area (Å²) in [5.41, 5.74) is 1.12. The number of para-hydroxylation sites is 1. The molecule has 0 saturated carbocycles. The van der Waals surface area contributed by atoms with Crippen molar-refractivity contribution in [2.24, 2.45) is 5.92 Å². The largest absolute Gasteiger partial charge is 0.508 e. The highest BCUT2D eigenvalue weighted by Gasteiger charge is 2.32. The maximum absolute atomic E-state index is 13.4. The fourth-order valence-corrected chi connectivity index (χ4v) is 5.33. The molecule has 2 atom stereocenters. The molecule has 1 saturated heterocycles. The molecule has 3 amide bonds. The average molecular weight is 528 g/mol. The van der Waals surface area contributed by atoms with Crippen LogP contribution in [0, 0.1) is 12.8 Å². The fourth-order valence-electron chi connectivity index (χ4n) is 5.33. The number of benzene rings is 2. The molecule has 0 spiro atoms. The summed E-state index contributed by atoms with van der Waals surface area (Å²) in [5.74, 6) is 0.400. The molecule has 0 aliphatic carbocycles. The Balaban J connectivity index is 1.27. The van der Waals surface area contributed by atoms with Crippen LogP contribution in [0.3, 0.4) is 0 Å². The number of aryl methyl sites for hydroxylation is 2. The molecule has 1 fully saturated rings. The summed E-state index contributed by atoms with van der Waals surface area (Å²) in [4.78, 5) is 55.4. The zero-order valence-corrected chi connectivity index (χ0v) is 21.0. The number of anilines is 1. The van der Waals surface area contributed by atoms with Crippen LogP contribution in [-0.2, 0) is 27.3 Å². The number of aromatic hydroxyl groups is 1. The number of carbonyl (C=O) groups is 3. The molecular formula is C27H25N7O5. The Bertz CT molecular complexity index is 1710. The van der Waals surface area contributed by atoms with Crippen LogP contribution in [-0.4, -0.2) is 47.1 Å². The van der Waals surface area contributed by atoms with Crippen molar-refractivity contribution in [2.75, 3.05) is 5.32 Å². The highest BCUT2D eigenvalue weighted by molar-refractivity contribution is 6.02. The van der Waals surface area contributed by atoms with E-state index in [4.69, 9.17) is 0 Å². The number of nitrogens with zero attached hydrogens (tertiary/aromatic N) is 5. The maximum atomic E-state index is 13.4. The van der Waals surface area contributed by atoms with E-state index in [9.17, 15) is 24.3 Å². The van der Waals surface area contributed by atoms with Crippen LogP contribution in [0.1, 0.15) is 37.0 Å². The van der Waals surface area contributed by atoms with Crippen LogP contribution < -0.4 is 16.2 Å². The summed E-state index contributed by atoms with van der Waals surface area (Å²) in [7, 11) is 0. The minimum atomic E-state index is -0.826. The van der Waals surface area contributed by atoms with Crippen molar-refractivity contribution in [3.63, 3.8) is 0 Å². The lowest BCUT2D eigenvalue weighted by atomic mass is 9.97. The van der Waals surface area contributed by atoms with E-state index in [2.05, 4.69) is 25.8 Å². The second-order valence-electron chi connectivity index (χ2n) is 9.82. The van der Waals surface area contributed by atoms with Crippen molar-refractivity contribution < 1.29 is 19.5 Å². The van der Waals surface area contributed by atoms with Gasteiger partial charge in [0.1, 0.15) is 29.0 Å². The van der Waals surface area contributed by atoms with Crippen molar-refractivity contribution in [2.45, 2.75) is 45.2 Å². The molecule has 4 aromatic rings. The molecule has 12 heteroatoms. The third-order valence-electron chi connectivity index (χ3n) is 7.33. The number of rotatable bonds is 4. The predicted octanol–water partition coefficient (Wildman–Crippen LogP) is 1.85. The third kappa shape index (κ3) is 4.33. The van der Waals surface area contributed by atoms with Crippen molar-refractivity contribution in [3.05, 3.63) is 64.5 Å². The number of imide groups is 1. The smallest absolute Gasteiger partial charge is 0.262 e.